The van der Waals surface area contributed by atoms with E-state index < -0.39 is 11.8 Å². The lowest BCUT2D eigenvalue weighted by Crippen LogP contribution is -2.48. The molecule has 2 aromatic carbocycles. The second-order valence-corrected chi connectivity index (χ2v) is 8.22. The second kappa shape index (κ2) is 10.6. The van der Waals surface area contributed by atoms with E-state index in [2.05, 4.69) is 16.2 Å². The van der Waals surface area contributed by atoms with E-state index in [1.54, 1.807) is 25.3 Å². The van der Waals surface area contributed by atoms with Crippen molar-refractivity contribution in [2.24, 2.45) is 0 Å². The summed E-state index contributed by atoms with van der Waals surface area (Å²) in [5, 5.41) is 3.40. The third-order valence-corrected chi connectivity index (χ3v) is 6.35. The van der Waals surface area contributed by atoms with E-state index in [4.69, 9.17) is 42.8 Å². The van der Waals surface area contributed by atoms with Crippen LogP contribution in [0.4, 0.5) is 0 Å². The van der Waals surface area contributed by atoms with Gasteiger partial charge in [0.25, 0.3) is 11.8 Å². The van der Waals surface area contributed by atoms with Crippen LogP contribution in [0.5, 0.6) is 23.0 Å². The molecule has 0 aliphatic rings. The zero-order valence-electron chi connectivity index (χ0n) is 18.0. The molecule has 0 spiro atoms. The standard InChI is InChI=1S/C21H20ClN3O6S2/c1-28-11-5-6-12-15(9-11)33-18(16(12)22)20(27)23-21(32)25-24-19(26)10-7-13(29-2)17(31-4)14(8-10)30-3/h5-9H,1-4H3,(H,24,26)(H2,23,25,27,32). The minimum atomic E-state index is -0.544. The molecule has 9 nitrogen and oxygen atoms in total. The maximum atomic E-state index is 12.6. The molecule has 0 saturated heterocycles. The van der Waals surface area contributed by atoms with Gasteiger partial charge in [-0.05, 0) is 42.5 Å². The number of thiophene rings is 1. The molecule has 3 aromatic rings. The molecule has 12 heteroatoms. The quantitative estimate of drug-likeness (QED) is 0.342. The minimum Gasteiger partial charge on any atom is -0.497 e. The van der Waals surface area contributed by atoms with Crippen molar-refractivity contribution < 1.29 is 28.5 Å². The molecule has 33 heavy (non-hydrogen) atoms. The number of fused-ring (bicyclic) bond motifs is 1. The van der Waals surface area contributed by atoms with Gasteiger partial charge in [0.1, 0.15) is 10.6 Å². The van der Waals surface area contributed by atoms with Gasteiger partial charge in [-0.15, -0.1) is 11.3 Å². The van der Waals surface area contributed by atoms with Crippen LogP contribution < -0.4 is 35.1 Å². The first-order valence-corrected chi connectivity index (χ1v) is 10.9. The fraction of sp³-hybridized carbons (Fsp3) is 0.190. The van der Waals surface area contributed by atoms with Crippen LogP contribution in [-0.4, -0.2) is 45.4 Å². The fourth-order valence-corrected chi connectivity index (χ4v) is 4.49. The Morgan fingerprint density at radius 2 is 1.58 bits per heavy atom. The van der Waals surface area contributed by atoms with Crippen molar-refractivity contribution >= 4 is 62.2 Å². The summed E-state index contributed by atoms with van der Waals surface area (Å²) in [6.45, 7) is 0. The highest BCUT2D eigenvalue weighted by atomic mass is 35.5. The lowest BCUT2D eigenvalue weighted by Gasteiger charge is -2.15. The van der Waals surface area contributed by atoms with Gasteiger partial charge < -0.3 is 18.9 Å². The van der Waals surface area contributed by atoms with Crippen LogP contribution in [0.15, 0.2) is 30.3 Å². The maximum absolute atomic E-state index is 12.6. The monoisotopic (exact) mass is 509 g/mol. The summed E-state index contributed by atoms with van der Waals surface area (Å²) < 4.78 is 21.7. The first-order chi connectivity index (χ1) is 15.8. The van der Waals surface area contributed by atoms with Gasteiger partial charge in [-0.3, -0.25) is 25.8 Å². The van der Waals surface area contributed by atoms with Crippen LogP contribution >= 0.6 is 35.2 Å². The van der Waals surface area contributed by atoms with Crippen LogP contribution in [0.2, 0.25) is 5.02 Å². The first-order valence-electron chi connectivity index (χ1n) is 9.30. The van der Waals surface area contributed by atoms with Crippen molar-refractivity contribution in [1.29, 1.82) is 0 Å². The van der Waals surface area contributed by atoms with Gasteiger partial charge >= 0.3 is 0 Å². The Morgan fingerprint density at radius 1 is 0.909 bits per heavy atom. The molecule has 0 saturated carbocycles. The van der Waals surface area contributed by atoms with Gasteiger partial charge in [0, 0.05) is 15.6 Å². The summed E-state index contributed by atoms with van der Waals surface area (Å²) >= 11 is 12.7. The lowest BCUT2D eigenvalue weighted by atomic mass is 10.1. The summed E-state index contributed by atoms with van der Waals surface area (Å²) in [6, 6.07) is 8.28. The van der Waals surface area contributed by atoms with Crippen molar-refractivity contribution in [3.8, 4) is 23.0 Å². The number of thiocarbonyl (C=S) groups is 1. The first kappa shape index (κ1) is 24.4. The van der Waals surface area contributed by atoms with Gasteiger partial charge in [-0.2, -0.15) is 0 Å². The normalized spacial score (nSPS) is 10.3. The van der Waals surface area contributed by atoms with Gasteiger partial charge in [0.15, 0.2) is 16.6 Å². The summed E-state index contributed by atoms with van der Waals surface area (Å²) in [4.78, 5) is 25.5. The van der Waals surface area contributed by atoms with Gasteiger partial charge in [0.2, 0.25) is 5.75 Å². The molecule has 0 radical (unpaired) electrons. The van der Waals surface area contributed by atoms with Crippen molar-refractivity contribution in [1.82, 2.24) is 16.2 Å². The Morgan fingerprint density at radius 3 is 2.15 bits per heavy atom. The predicted octanol–water partition coefficient (Wildman–Crippen LogP) is 3.54. The van der Waals surface area contributed by atoms with E-state index >= 15 is 0 Å². The van der Waals surface area contributed by atoms with Crippen LogP contribution in [-0.2, 0) is 0 Å². The maximum Gasteiger partial charge on any atom is 0.269 e. The number of hydrogen-bond acceptors (Lipinski definition) is 8. The van der Waals surface area contributed by atoms with Gasteiger partial charge in [0.05, 0.1) is 33.5 Å². The molecule has 1 aromatic heterocycles. The van der Waals surface area contributed by atoms with E-state index in [1.165, 1.54) is 44.8 Å². The number of carbonyl (C=O) groups is 2. The van der Waals surface area contributed by atoms with Crippen molar-refractivity contribution in [3.63, 3.8) is 0 Å². The lowest BCUT2D eigenvalue weighted by molar-refractivity contribution is 0.0934. The van der Waals surface area contributed by atoms with Gasteiger partial charge in [-0.25, -0.2) is 0 Å². The molecule has 0 unspecified atom stereocenters. The summed E-state index contributed by atoms with van der Waals surface area (Å²) in [7, 11) is 5.90. The Balaban J connectivity index is 1.67. The number of carbonyl (C=O) groups excluding carboxylic acids is 2. The fourth-order valence-electron chi connectivity index (χ4n) is 2.91. The summed E-state index contributed by atoms with van der Waals surface area (Å²) in [5.41, 5.74) is 5.11. The molecule has 174 valence electrons. The highest BCUT2D eigenvalue weighted by molar-refractivity contribution is 7.80. The number of amides is 2. The highest BCUT2D eigenvalue weighted by Gasteiger charge is 2.20. The predicted molar refractivity (Wildman–Crippen MR) is 130 cm³/mol. The molecule has 3 N–H and O–H groups in total. The van der Waals surface area contributed by atoms with E-state index in [0.29, 0.717) is 28.0 Å². The smallest absolute Gasteiger partial charge is 0.269 e. The Bertz CT molecular complexity index is 1210. The number of ether oxygens (including phenoxy) is 4. The van der Waals surface area contributed by atoms with Crippen molar-refractivity contribution in [2.75, 3.05) is 28.4 Å². The molecule has 3 rings (SSSR count). The number of halogens is 1. The van der Waals surface area contributed by atoms with Crippen LogP contribution in [0.1, 0.15) is 20.0 Å². The number of methoxy groups -OCH3 is 4. The number of nitrogens with one attached hydrogen (secondary N) is 3. The molecular weight excluding hydrogens is 490 g/mol. The van der Waals surface area contributed by atoms with Crippen LogP contribution in [0, 0.1) is 0 Å². The SMILES string of the molecule is COc1ccc2c(Cl)c(C(=O)NC(=S)NNC(=O)c3cc(OC)c(OC)c(OC)c3)sc2c1. The topological polar surface area (TPSA) is 107 Å². The molecule has 2 amide bonds. The minimum absolute atomic E-state index is 0.119. The Hall–Kier alpha value is -3.28. The van der Waals surface area contributed by atoms with Crippen LogP contribution in [0.3, 0.4) is 0 Å². The average Bonchev–Trinajstić information content (AvgIpc) is 3.16. The largest absolute Gasteiger partial charge is 0.497 e. The number of benzene rings is 2. The summed E-state index contributed by atoms with van der Waals surface area (Å²) in [6.07, 6.45) is 0. The number of hydrazine groups is 1. The van der Waals surface area contributed by atoms with Crippen molar-refractivity contribution in [2.45, 2.75) is 0 Å². The van der Waals surface area contributed by atoms with E-state index in [9.17, 15) is 9.59 Å². The molecule has 0 atom stereocenters. The Labute approximate surface area is 203 Å². The van der Waals surface area contributed by atoms with Crippen molar-refractivity contribution in [3.05, 3.63) is 45.8 Å². The second-order valence-electron chi connectivity index (χ2n) is 6.38. The van der Waals surface area contributed by atoms with E-state index in [-0.39, 0.29) is 15.6 Å². The molecule has 0 aliphatic heterocycles. The van der Waals surface area contributed by atoms with E-state index in [0.717, 1.165) is 10.1 Å². The third kappa shape index (κ3) is 5.21. The average molecular weight is 510 g/mol. The van der Waals surface area contributed by atoms with Crippen LogP contribution in [0.25, 0.3) is 10.1 Å². The van der Waals surface area contributed by atoms with Gasteiger partial charge in [-0.1, -0.05) is 11.6 Å². The number of hydrogen-bond donors (Lipinski definition) is 3. The molecule has 1 heterocycles. The number of rotatable bonds is 6. The molecule has 0 aliphatic carbocycles. The zero-order valence-corrected chi connectivity index (χ0v) is 20.4. The highest BCUT2D eigenvalue weighted by Crippen LogP contribution is 2.38. The Kier molecular flexibility index (Phi) is 7.79. The molecular formula is C21H20ClN3O6S2. The third-order valence-electron chi connectivity index (χ3n) is 4.49. The molecule has 0 fully saturated rings. The molecule has 0 bridgehead atoms. The zero-order chi connectivity index (χ0) is 24.1. The van der Waals surface area contributed by atoms with E-state index in [1.807, 2.05) is 0 Å². The summed E-state index contributed by atoms with van der Waals surface area (Å²) in [5.74, 6) is 0.574.